The van der Waals surface area contributed by atoms with E-state index in [-0.39, 0.29) is 17.3 Å². The molecule has 22 heavy (non-hydrogen) atoms. The first-order chi connectivity index (χ1) is 10.5. The van der Waals surface area contributed by atoms with Gasteiger partial charge < -0.3 is 5.32 Å². The maximum Gasteiger partial charge on any atom is 0.343 e. The Labute approximate surface area is 141 Å². The summed E-state index contributed by atoms with van der Waals surface area (Å²) in [5.74, 6) is -0.125. The van der Waals surface area contributed by atoms with Crippen LogP contribution in [0.3, 0.4) is 0 Å². The summed E-state index contributed by atoms with van der Waals surface area (Å²) in [7, 11) is 0. The molecule has 0 aliphatic heterocycles. The molecule has 0 unspecified atom stereocenters. The molecule has 0 fully saturated rings. The SMILES string of the molecule is CCCn1c(SCC(=O)Nc2ccc(Cl)cc2Cl)n[nH]c1=O. The maximum atomic E-state index is 11.9. The molecule has 1 amide bonds. The van der Waals surface area contributed by atoms with Crippen LogP contribution >= 0.6 is 35.0 Å². The van der Waals surface area contributed by atoms with Crippen molar-refractivity contribution in [2.75, 3.05) is 11.1 Å². The van der Waals surface area contributed by atoms with E-state index in [9.17, 15) is 9.59 Å². The van der Waals surface area contributed by atoms with E-state index in [1.165, 1.54) is 16.3 Å². The molecular formula is C13H14Cl2N4O2S. The van der Waals surface area contributed by atoms with Crippen molar-refractivity contribution in [3.8, 4) is 0 Å². The molecule has 0 saturated heterocycles. The number of carbonyl (C=O) groups is 1. The summed E-state index contributed by atoms with van der Waals surface area (Å²) in [5, 5.41) is 10.3. The van der Waals surface area contributed by atoms with E-state index in [4.69, 9.17) is 23.2 Å². The number of benzene rings is 1. The minimum Gasteiger partial charge on any atom is -0.324 e. The number of anilines is 1. The quantitative estimate of drug-likeness (QED) is 0.775. The molecule has 0 saturated carbocycles. The minimum atomic E-state index is -0.273. The monoisotopic (exact) mass is 360 g/mol. The van der Waals surface area contributed by atoms with Crippen molar-refractivity contribution in [3.05, 3.63) is 38.7 Å². The molecule has 0 aliphatic rings. The largest absolute Gasteiger partial charge is 0.343 e. The zero-order valence-electron chi connectivity index (χ0n) is 11.7. The number of nitrogens with one attached hydrogen (secondary N) is 2. The summed E-state index contributed by atoms with van der Waals surface area (Å²) in [6, 6.07) is 4.83. The van der Waals surface area contributed by atoms with Crippen molar-refractivity contribution in [1.82, 2.24) is 14.8 Å². The Kier molecular flexibility index (Phi) is 5.93. The predicted molar refractivity (Wildman–Crippen MR) is 89.0 cm³/mol. The normalized spacial score (nSPS) is 10.7. The van der Waals surface area contributed by atoms with Gasteiger partial charge in [-0.05, 0) is 24.6 Å². The third-order valence-electron chi connectivity index (χ3n) is 2.71. The lowest BCUT2D eigenvalue weighted by atomic mass is 10.3. The maximum absolute atomic E-state index is 11.9. The number of rotatable bonds is 6. The van der Waals surface area contributed by atoms with Crippen LogP contribution in [-0.4, -0.2) is 26.4 Å². The fourth-order valence-corrected chi connectivity index (χ4v) is 2.97. The highest BCUT2D eigenvalue weighted by Gasteiger charge is 2.12. The van der Waals surface area contributed by atoms with Crippen LogP contribution in [0.5, 0.6) is 0 Å². The second-order valence-electron chi connectivity index (χ2n) is 4.42. The van der Waals surface area contributed by atoms with Crippen molar-refractivity contribution in [1.29, 1.82) is 0 Å². The second-order valence-corrected chi connectivity index (χ2v) is 6.21. The van der Waals surface area contributed by atoms with E-state index in [1.54, 1.807) is 18.2 Å². The van der Waals surface area contributed by atoms with Crippen molar-refractivity contribution >= 4 is 46.6 Å². The van der Waals surface area contributed by atoms with Crippen LogP contribution in [0.4, 0.5) is 5.69 Å². The average Bonchev–Trinajstić information content (AvgIpc) is 2.81. The molecule has 0 spiro atoms. The predicted octanol–water partition coefficient (Wildman–Crippen LogP) is 3.02. The zero-order chi connectivity index (χ0) is 16.1. The molecule has 1 aromatic heterocycles. The number of hydrogen-bond donors (Lipinski definition) is 2. The van der Waals surface area contributed by atoms with Gasteiger partial charge in [0.2, 0.25) is 5.91 Å². The highest BCUT2D eigenvalue weighted by Crippen LogP contribution is 2.25. The first-order valence-electron chi connectivity index (χ1n) is 6.54. The van der Waals surface area contributed by atoms with E-state index in [0.717, 1.165) is 6.42 Å². The third-order valence-corrected chi connectivity index (χ3v) is 4.23. The van der Waals surface area contributed by atoms with Crippen molar-refractivity contribution in [3.63, 3.8) is 0 Å². The van der Waals surface area contributed by atoms with Gasteiger partial charge in [0.05, 0.1) is 16.5 Å². The Morgan fingerprint density at radius 2 is 2.23 bits per heavy atom. The van der Waals surface area contributed by atoms with Crippen LogP contribution in [0.15, 0.2) is 28.2 Å². The van der Waals surface area contributed by atoms with E-state index in [1.807, 2.05) is 6.92 Å². The van der Waals surface area contributed by atoms with Crippen LogP contribution in [0.1, 0.15) is 13.3 Å². The fourth-order valence-electron chi connectivity index (χ4n) is 1.74. The number of halogens is 2. The number of amides is 1. The van der Waals surface area contributed by atoms with Gasteiger partial charge in [-0.1, -0.05) is 41.9 Å². The van der Waals surface area contributed by atoms with E-state index in [2.05, 4.69) is 15.5 Å². The van der Waals surface area contributed by atoms with Gasteiger partial charge in [0.25, 0.3) is 0 Å². The Bertz CT molecular complexity index is 729. The minimum absolute atomic E-state index is 0.118. The van der Waals surface area contributed by atoms with Crippen molar-refractivity contribution in [2.24, 2.45) is 0 Å². The molecule has 0 atom stereocenters. The molecule has 6 nitrogen and oxygen atoms in total. The van der Waals surface area contributed by atoms with Gasteiger partial charge in [-0.2, -0.15) is 0 Å². The molecule has 118 valence electrons. The molecule has 0 bridgehead atoms. The molecule has 1 heterocycles. The van der Waals surface area contributed by atoms with Gasteiger partial charge in [0.15, 0.2) is 5.16 Å². The summed E-state index contributed by atoms with van der Waals surface area (Å²) in [5.41, 5.74) is 0.218. The molecular weight excluding hydrogens is 347 g/mol. The summed E-state index contributed by atoms with van der Waals surface area (Å²) in [6.07, 6.45) is 0.805. The molecule has 2 N–H and O–H groups in total. The summed E-state index contributed by atoms with van der Waals surface area (Å²) < 4.78 is 1.51. The van der Waals surface area contributed by atoms with Crippen LogP contribution in [0, 0.1) is 0 Å². The average molecular weight is 361 g/mol. The Morgan fingerprint density at radius 1 is 1.45 bits per heavy atom. The molecule has 0 aliphatic carbocycles. The smallest absolute Gasteiger partial charge is 0.324 e. The number of carbonyl (C=O) groups excluding carboxylic acids is 1. The number of nitrogens with zero attached hydrogens (tertiary/aromatic N) is 2. The van der Waals surface area contributed by atoms with Crippen LogP contribution < -0.4 is 11.0 Å². The summed E-state index contributed by atoms with van der Waals surface area (Å²) in [6.45, 7) is 2.52. The van der Waals surface area contributed by atoms with Crippen LogP contribution in [-0.2, 0) is 11.3 Å². The fraction of sp³-hybridized carbons (Fsp3) is 0.308. The van der Waals surface area contributed by atoms with Gasteiger partial charge in [-0.25, -0.2) is 9.89 Å². The number of hydrogen-bond acceptors (Lipinski definition) is 4. The number of aromatic amines is 1. The Balaban J connectivity index is 1.97. The highest BCUT2D eigenvalue weighted by atomic mass is 35.5. The zero-order valence-corrected chi connectivity index (χ0v) is 14.1. The molecule has 9 heteroatoms. The summed E-state index contributed by atoms with van der Waals surface area (Å²) >= 11 is 13.0. The van der Waals surface area contributed by atoms with Gasteiger partial charge in [-0.15, -0.1) is 5.10 Å². The third kappa shape index (κ3) is 4.28. The van der Waals surface area contributed by atoms with E-state index in [0.29, 0.717) is 27.4 Å². The topological polar surface area (TPSA) is 79.8 Å². The van der Waals surface area contributed by atoms with E-state index < -0.39 is 0 Å². The summed E-state index contributed by atoms with van der Waals surface area (Å²) in [4.78, 5) is 23.5. The first-order valence-corrected chi connectivity index (χ1v) is 8.28. The number of thioether (sulfide) groups is 1. The Morgan fingerprint density at radius 3 is 2.91 bits per heavy atom. The Hall–Kier alpha value is -1.44. The standard InChI is InChI=1S/C13H14Cl2N4O2S/c1-2-5-19-12(21)17-18-13(19)22-7-11(20)16-10-4-3-8(14)6-9(10)15/h3-4,6H,2,5,7H2,1H3,(H,16,20)(H,17,21). The van der Waals surface area contributed by atoms with Crippen LogP contribution in [0.25, 0.3) is 0 Å². The molecule has 0 radical (unpaired) electrons. The van der Waals surface area contributed by atoms with Crippen LogP contribution in [0.2, 0.25) is 10.0 Å². The second kappa shape index (κ2) is 7.71. The van der Waals surface area contributed by atoms with E-state index >= 15 is 0 Å². The lowest BCUT2D eigenvalue weighted by Gasteiger charge is -2.07. The van der Waals surface area contributed by atoms with Gasteiger partial charge in [-0.3, -0.25) is 9.36 Å². The van der Waals surface area contributed by atoms with Gasteiger partial charge >= 0.3 is 5.69 Å². The number of H-pyrrole nitrogens is 1. The molecule has 2 rings (SSSR count). The lowest BCUT2D eigenvalue weighted by Crippen LogP contribution is -2.18. The molecule has 2 aromatic rings. The first kappa shape index (κ1) is 16.9. The number of aromatic nitrogens is 3. The van der Waals surface area contributed by atoms with Crippen molar-refractivity contribution in [2.45, 2.75) is 25.0 Å². The van der Waals surface area contributed by atoms with Crippen molar-refractivity contribution < 1.29 is 4.79 Å². The lowest BCUT2D eigenvalue weighted by molar-refractivity contribution is -0.113. The highest BCUT2D eigenvalue weighted by molar-refractivity contribution is 7.99. The molecule has 1 aromatic carbocycles. The van der Waals surface area contributed by atoms with Gasteiger partial charge in [0.1, 0.15) is 0 Å². The van der Waals surface area contributed by atoms with Gasteiger partial charge in [0, 0.05) is 11.6 Å².